The number of likely N-dealkylation sites (tertiary alicyclic amines) is 1. The Morgan fingerprint density at radius 2 is 2.13 bits per heavy atom. The second kappa shape index (κ2) is 4.39. The first kappa shape index (κ1) is 10.7. The third-order valence-corrected chi connectivity index (χ3v) is 3.44. The number of nitrogens with one attached hydrogen (secondary N) is 1. The molecule has 2 fully saturated rings. The average molecular weight is 211 g/mol. The lowest BCUT2D eigenvalue weighted by atomic mass is 9.97. The lowest BCUT2D eigenvalue weighted by Gasteiger charge is -2.40. The molecule has 0 spiro atoms. The smallest absolute Gasteiger partial charge is 0.318 e. The largest absolute Gasteiger partial charge is 0.335 e. The van der Waals surface area contributed by atoms with Crippen LogP contribution in [-0.2, 0) is 0 Å². The molecular weight excluding hydrogens is 190 g/mol. The van der Waals surface area contributed by atoms with Crippen LogP contribution in [0.3, 0.4) is 0 Å². The zero-order valence-corrected chi connectivity index (χ0v) is 9.41. The highest BCUT2D eigenvalue weighted by atomic mass is 16.2. The summed E-state index contributed by atoms with van der Waals surface area (Å²) in [5.41, 5.74) is 5.72. The number of hydrogen-bond acceptors (Lipinski definition) is 2. The quantitative estimate of drug-likeness (QED) is 0.717. The fraction of sp³-hybridized carbons (Fsp3) is 0.909. The molecule has 4 nitrogen and oxygen atoms in total. The van der Waals surface area contributed by atoms with Crippen molar-refractivity contribution >= 4 is 6.03 Å². The van der Waals surface area contributed by atoms with Crippen LogP contribution in [0.4, 0.5) is 4.79 Å². The molecule has 4 heteroatoms. The summed E-state index contributed by atoms with van der Waals surface area (Å²) in [6.07, 6.45) is 5.63. The third kappa shape index (κ3) is 2.43. The summed E-state index contributed by atoms with van der Waals surface area (Å²) in [4.78, 5) is 13.9. The van der Waals surface area contributed by atoms with Gasteiger partial charge in [-0.15, -0.1) is 0 Å². The van der Waals surface area contributed by atoms with Crippen LogP contribution >= 0.6 is 0 Å². The SMILES string of the molecule is CC1CCCC(CN)N1C(=O)NC1CC1. The minimum atomic E-state index is 0.0974. The van der Waals surface area contributed by atoms with E-state index in [4.69, 9.17) is 5.73 Å². The van der Waals surface area contributed by atoms with Crippen LogP contribution in [0.25, 0.3) is 0 Å². The molecule has 2 aliphatic rings. The molecule has 0 radical (unpaired) electrons. The molecule has 2 atom stereocenters. The molecule has 0 aromatic rings. The molecule has 1 aliphatic heterocycles. The molecule has 0 bridgehead atoms. The van der Waals surface area contributed by atoms with Gasteiger partial charge in [0.2, 0.25) is 0 Å². The van der Waals surface area contributed by atoms with Gasteiger partial charge in [0, 0.05) is 24.7 Å². The lowest BCUT2D eigenvalue weighted by Crippen LogP contribution is -2.55. The summed E-state index contributed by atoms with van der Waals surface area (Å²) in [6, 6.07) is 1.11. The molecule has 2 rings (SSSR count). The second-order valence-corrected chi connectivity index (χ2v) is 4.80. The average Bonchev–Trinajstić information content (AvgIpc) is 3.00. The van der Waals surface area contributed by atoms with Gasteiger partial charge in [0.05, 0.1) is 0 Å². The van der Waals surface area contributed by atoms with Crippen molar-refractivity contribution in [3.63, 3.8) is 0 Å². The van der Waals surface area contributed by atoms with Crippen LogP contribution in [0.15, 0.2) is 0 Å². The zero-order valence-electron chi connectivity index (χ0n) is 9.41. The summed E-state index contributed by atoms with van der Waals surface area (Å²) in [7, 11) is 0. The molecular formula is C11H21N3O. The van der Waals surface area contributed by atoms with Gasteiger partial charge in [-0.1, -0.05) is 0 Å². The Morgan fingerprint density at radius 3 is 2.73 bits per heavy atom. The van der Waals surface area contributed by atoms with Crippen LogP contribution in [0, 0.1) is 0 Å². The van der Waals surface area contributed by atoms with Gasteiger partial charge in [-0.05, 0) is 39.0 Å². The van der Waals surface area contributed by atoms with Crippen LogP contribution in [0.1, 0.15) is 39.0 Å². The van der Waals surface area contributed by atoms with E-state index < -0.39 is 0 Å². The van der Waals surface area contributed by atoms with Crippen molar-refractivity contribution in [3.8, 4) is 0 Å². The number of carbonyl (C=O) groups is 1. The maximum Gasteiger partial charge on any atom is 0.318 e. The molecule has 3 N–H and O–H groups in total. The number of nitrogens with two attached hydrogens (primary N) is 1. The van der Waals surface area contributed by atoms with Gasteiger partial charge in [-0.3, -0.25) is 0 Å². The second-order valence-electron chi connectivity index (χ2n) is 4.80. The van der Waals surface area contributed by atoms with Crippen LogP contribution in [0.2, 0.25) is 0 Å². The molecule has 1 saturated heterocycles. The Labute approximate surface area is 91.2 Å². The molecule has 2 amide bonds. The molecule has 15 heavy (non-hydrogen) atoms. The first-order chi connectivity index (χ1) is 7.22. The minimum Gasteiger partial charge on any atom is -0.335 e. The Balaban J connectivity index is 1.97. The van der Waals surface area contributed by atoms with E-state index in [0.29, 0.717) is 18.6 Å². The van der Waals surface area contributed by atoms with Gasteiger partial charge in [-0.2, -0.15) is 0 Å². The Hall–Kier alpha value is -0.770. The Kier molecular flexibility index (Phi) is 3.14. The fourth-order valence-corrected chi connectivity index (χ4v) is 2.36. The summed E-state index contributed by atoms with van der Waals surface area (Å²) in [5, 5.41) is 3.05. The van der Waals surface area contributed by atoms with Crippen molar-refractivity contribution < 1.29 is 4.79 Å². The molecule has 0 aromatic heterocycles. The van der Waals surface area contributed by atoms with Gasteiger partial charge >= 0.3 is 6.03 Å². The van der Waals surface area contributed by atoms with E-state index in [1.807, 2.05) is 4.90 Å². The van der Waals surface area contributed by atoms with Crippen molar-refractivity contribution in [2.45, 2.75) is 57.2 Å². The topological polar surface area (TPSA) is 58.4 Å². The molecule has 1 saturated carbocycles. The van der Waals surface area contributed by atoms with Crippen molar-refractivity contribution in [3.05, 3.63) is 0 Å². The number of hydrogen-bond donors (Lipinski definition) is 2. The summed E-state index contributed by atoms with van der Waals surface area (Å²) in [5.74, 6) is 0. The first-order valence-corrected chi connectivity index (χ1v) is 6.01. The van der Waals surface area contributed by atoms with E-state index in [1.54, 1.807) is 0 Å². The predicted molar refractivity (Wildman–Crippen MR) is 59.5 cm³/mol. The van der Waals surface area contributed by atoms with E-state index in [9.17, 15) is 4.79 Å². The van der Waals surface area contributed by atoms with Crippen LogP contribution in [-0.4, -0.2) is 35.6 Å². The van der Waals surface area contributed by atoms with E-state index in [0.717, 1.165) is 25.7 Å². The normalized spacial score (nSPS) is 31.5. The highest BCUT2D eigenvalue weighted by molar-refractivity contribution is 5.75. The molecule has 1 heterocycles. The number of rotatable bonds is 2. The minimum absolute atomic E-state index is 0.0974. The molecule has 86 valence electrons. The molecule has 2 unspecified atom stereocenters. The van der Waals surface area contributed by atoms with Crippen molar-refractivity contribution in [1.29, 1.82) is 0 Å². The van der Waals surface area contributed by atoms with Gasteiger partial charge in [0.1, 0.15) is 0 Å². The molecule has 1 aliphatic carbocycles. The number of urea groups is 1. The summed E-state index contributed by atoms with van der Waals surface area (Å²) >= 11 is 0. The monoisotopic (exact) mass is 211 g/mol. The number of amides is 2. The van der Waals surface area contributed by atoms with Crippen LogP contribution in [0.5, 0.6) is 0 Å². The fourth-order valence-electron chi connectivity index (χ4n) is 2.36. The van der Waals surface area contributed by atoms with Gasteiger partial charge in [0.25, 0.3) is 0 Å². The maximum atomic E-state index is 12.0. The van der Waals surface area contributed by atoms with E-state index >= 15 is 0 Å². The van der Waals surface area contributed by atoms with Gasteiger partial charge in [-0.25, -0.2) is 4.79 Å². The van der Waals surface area contributed by atoms with Gasteiger partial charge < -0.3 is 16.0 Å². The van der Waals surface area contributed by atoms with Crippen molar-refractivity contribution in [2.24, 2.45) is 5.73 Å². The highest BCUT2D eigenvalue weighted by Gasteiger charge is 2.33. The van der Waals surface area contributed by atoms with Crippen molar-refractivity contribution in [1.82, 2.24) is 10.2 Å². The van der Waals surface area contributed by atoms with E-state index in [1.165, 1.54) is 6.42 Å². The van der Waals surface area contributed by atoms with E-state index in [-0.39, 0.29) is 12.1 Å². The van der Waals surface area contributed by atoms with Crippen molar-refractivity contribution in [2.75, 3.05) is 6.54 Å². The summed E-state index contributed by atoms with van der Waals surface area (Å²) < 4.78 is 0. The zero-order chi connectivity index (χ0) is 10.8. The highest BCUT2D eigenvalue weighted by Crippen LogP contribution is 2.24. The lowest BCUT2D eigenvalue weighted by molar-refractivity contribution is 0.118. The number of nitrogens with zero attached hydrogens (tertiary/aromatic N) is 1. The predicted octanol–water partition coefficient (Wildman–Crippen LogP) is 1.06. The number of carbonyl (C=O) groups excluding carboxylic acids is 1. The maximum absolute atomic E-state index is 12.0. The third-order valence-electron chi connectivity index (χ3n) is 3.44. The van der Waals surface area contributed by atoms with E-state index in [2.05, 4.69) is 12.2 Å². The number of piperidine rings is 1. The van der Waals surface area contributed by atoms with Gasteiger partial charge in [0.15, 0.2) is 0 Å². The summed E-state index contributed by atoms with van der Waals surface area (Å²) in [6.45, 7) is 2.71. The Morgan fingerprint density at radius 1 is 1.40 bits per heavy atom. The first-order valence-electron chi connectivity index (χ1n) is 6.01. The van der Waals surface area contributed by atoms with Crippen LogP contribution < -0.4 is 11.1 Å². The Bertz CT molecular complexity index is 240. The molecule has 0 aromatic carbocycles. The standard InChI is InChI=1S/C11H21N3O/c1-8-3-2-4-10(7-12)14(8)11(15)13-9-5-6-9/h8-10H,2-7,12H2,1H3,(H,13,15).